The van der Waals surface area contributed by atoms with Gasteiger partial charge < -0.3 is 9.30 Å². The second kappa shape index (κ2) is 6.08. The first-order valence-corrected chi connectivity index (χ1v) is 11.7. The van der Waals surface area contributed by atoms with E-state index in [1.54, 1.807) is 0 Å². The minimum atomic E-state index is -1.87. The predicted molar refractivity (Wildman–Crippen MR) is 108 cm³/mol. The smallest absolute Gasteiger partial charge is 0.190 e. The van der Waals surface area contributed by atoms with Gasteiger partial charge in [0.05, 0.1) is 0 Å². The van der Waals surface area contributed by atoms with E-state index in [9.17, 15) is 0 Å². The number of para-hydroxylation sites is 1. The topological polar surface area (TPSA) is 12.5 Å². The Kier molecular flexibility index (Phi) is 3.89. The monoisotopic (exact) mass is 345 g/mol. The molecule has 0 radical (unpaired) electrons. The Morgan fingerprint density at radius 3 is 2.20 bits per heavy atom. The number of anilines is 1. The molecule has 4 rings (SSSR count). The van der Waals surface area contributed by atoms with E-state index in [-0.39, 0.29) is 0 Å². The fraction of sp³-hybridized carbons (Fsp3) is 0.182. The van der Waals surface area contributed by atoms with Gasteiger partial charge in [-0.3, -0.25) is 0 Å². The molecule has 0 spiro atoms. The van der Waals surface area contributed by atoms with Crippen LogP contribution in [0.5, 0.6) is 5.75 Å². The van der Waals surface area contributed by atoms with Crippen LogP contribution in [0.3, 0.4) is 0 Å². The van der Waals surface area contributed by atoms with Gasteiger partial charge in [-0.25, -0.2) is 0 Å². The summed E-state index contributed by atoms with van der Waals surface area (Å²) >= 11 is 0. The van der Waals surface area contributed by atoms with Crippen LogP contribution in [0.4, 0.5) is 5.69 Å². The Balaban J connectivity index is 1.87. The maximum absolute atomic E-state index is 6.33. The molecule has 0 aromatic heterocycles. The molecular formula is C22H23NOSi. The number of nitrogens with zero attached hydrogens (tertiary/aromatic N) is 1. The van der Waals surface area contributed by atoms with Crippen LogP contribution in [0.15, 0.2) is 72.8 Å². The van der Waals surface area contributed by atoms with Crippen molar-refractivity contribution in [1.29, 1.82) is 0 Å². The van der Waals surface area contributed by atoms with Gasteiger partial charge in [0.2, 0.25) is 0 Å². The van der Waals surface area contributed by atoms with Gasteiger partial charge in [-0.1, -0.05) is 60.2 Å². The van der Waals surface area contributed by atoms with Crippen molar-refractivity contribution in [3.8, 4) is 16.9 Å². The summed E-state index contributed by atoms with van der Waals surface area (Å²) in [5.74, 6) is 1.07. The van der Waals surface area contributed by atoms with Crippen molar-refractivity contribution < 1.29 is 4.74 Å². The molecule has 3 heteroatoms. The van der Waals surface area contributed by atoms with Crippen molar-refractivity contribution in [1.82, 2.24) is 0 Å². The summed E-state index contributed by atoms with van der Waals surface area (Å²) in [7, 11) is -1.87. The van der Waals surface area contributed by atoms with Crippen LogP contribution in [0.25, 0.3) is 11.1 Å². The summed E-state index contributed by atoms with van der Waals surface area (Å²) < 4.78 is 8.79. The number of fused-ring (bicyclic) bond motifs is 1. The maximum atomic E-state index is 6.33. The van der Waals surface area contributed by atoms with Crippen molar-refractivity contribution in [3.05, 3.63) is 78.4 Å². The molecule has 3 aromatic rings. The summed E-state index contributed by atoms with van der Waals surface area (Å²) in [6, 6.07) is 25.7. The summed E-state index contributed by atoms with van der Waals surface area (Å²) in [5.41, 5.74) is 4.97. The van der Waals surface area contributed by atoms with Gasteiger partial charge >= 0.3 is 0 Å². The predicted octanol–water partition coefficient (Wildman–Crippen LogP) is 4.93. The van der Waals surface area contributed by atoms with Crippen molar-refractivity contribution in [2.45, 2.75) is 20.0 Å². The average Bonchev–Trinajstić information content (AvgIpc) is 2.63. The Morgan fingerprint density at radius 1 is 0.880 bits per heavy atom. The van der Waals surface area contributed by atoms with Gasteiger partial charge in [-0.05, 0) is 43.8 Å². The third kappa shape index (κ3) is 2.75. The number of ether oxygens (including phenoxy) is 1. The fourth-order valence-corrected chi connectivity index (χ4v) is 6.47. The number of hydrogen-bond acceptors (Lipinski definition) is 2. The molecule has 0 N–H and O–H groups in total. The minimum Gasteiger partial charge on any atom is -0.473 e. The number of benzene rings is 3. The SMILES string of the molecule is Cc1cc(-c2ccccc2)c2c(c1)[Si](C)(C)N(c1ccccc1)CO2. The van der Waals surface area contributed by atoms with Gasteiger partial charge in [0, 0.05) is 16.4 Å². The zero-order valence-corrected chi connectivity index (χ0v) is 16.0. The van der Waals surface area contributed by atoms with Gasteiger partial charge in [-0.2, -0.15) is 0 Å². The van der Waals surface area contributed by atoms with Gasteiger partial charge in [0.1, 0.15) is 5.75 Å². The Hall–Kier alpha value is -2.52. The highest BCUT2D eigenvalue weighted by Gasteiger charge is 2.39. The van der Waals surface area contributed by atoms with E-state index in [0.29, 0.717) is 6.73 Å². The molecule has 3 aromatic carbocycles. The van der Waals surface area contributed by atoms with Gasteiger partial charge in [0.25, 0.3) is 0 Å². The molecule has 2 nitrogen and oxygen atoms in total. The molecule has 1 aliphatic heterocycles. The molecule has 0 atom stereocenters. The zero-order chi connectivity index (χ0) is 17.4. The normalized spacial score (nSPS) is 15.4. The first-order valence-electron chi connectivity index (χ1n) is 8.73. The average molecular weight is 346 g/mol. The molecule has 126 valence electrons. The summed E-state index contributed by atoms with van der Waals surface area (Å²) in [6.45, 7) is 7.61. The second-order valence-corrected chi connectivity index (χ2v) is 11.3. The number of rotatable bonds is 2. The Morgan fingerprint density at radius 2 is 1.52 bits per heavy atom. The summed E-state index contributed by atoms with van der Waals surface area (Å²) in [4.78, 5) is 0. The first kappa shape index (κ1) is 16.0. The van der Waals surface area contributed by atoms with Crippen LogP contribution in [0, 0.1) is 6.92 Å². The molecule has 0 aliphatic carbocycles. The summed E-state index contributed by atoms with van der Waals surface area (Å²) in [5, 5.41) is 1.38. The lowest BCUT2D eigenvalue weighted by Crippen LogP contribution is -2.63. The molecule has 0 unspecified atom stereocenters. The molecule has 0 bridgehead atoms. The third-order valence-corrected chi connectivity index (χ3v) is 8.48. The van der Waals surface area contributed by atoms with E-state index in [1.165, 1.54) is 27.6 Å². The van der Waals surface area contributed by atoms with E-state index in [0.717, 1.165) is 5.75 Å². The van der Waals surface area contributed by atoms with E-state index in [4.69, 9.17) is 4.74 Å². The van der Waals surface area contributed by atoms with Crippen LogP contribution in [-0.2, 0) is 0 Å². The molecule has 1 aliphatic rings. The minimum absolute atomic E-state index is 0.610. The lowest BCUT2D eigenvalue weighted by molar-refractivity contribution is 0.328. The van der Waals surface area contributed by atoms with Crippen LogP contribution in [0.2, 0.25) is 13.1 Å². The first-order chi connectivity index (χ1) is 12.1. The van der Waals surface area contributed by atoms with E-state index in [2.05, 4.69) is 97.4 Å². The molecule has 0 saturated heterocycles. The molecule has 0 amide bonds. The van der Waals surface area contributed by atoms with Crippen LogP contribution in [-0.4, -0.2) is 15.0 Å². The van der Waals surface area contributed by atoms with E-state index in [1.807, 2.05) is 0 Å². The zero-order valence-electron chi connectivity index (χ0n) is 15.0. The number of aryl methyl sites for hydroxylation is 1. The van der Waals surface area contributed by atoms with Gasteiger partial charge in [0.15, 0.2) is 15.0 Å². The van der Waals surface area contributed by atoms with Crippen molar-refractivity contribution >= 4 is 19.1 Å². The number of hydrogen-bond donors (Lipinski definition) is 0. The standard InChI is InChI=1S/C22H23NOSi/c1-17-14-20(18-10-6-4-7-11-18)22-21(15-17)25(2,3)23(16-24-22)19-12-8-5-9-13-19/h4-15H,16H2,1-3H3. The van der Waals surface area contributed by atoms with Crippen LogP contribution >= 0.6 is 0 Å². The van der Waals surface area contributed by atoms with Crippen molar-refractivity contribution in [2.75, 3.05) is 11.3 Å². The second-order valence-electron chi connectivity index (χ2n) is 7.15. The highest BCUT2D eigenvalue weighted by atomic mass is 28.3. The third-order valence-electron chi connectivity index (χ3n) is 5.06. The molecule has 1 heterocycles. The molecule has 25 heavy (non-hydrogen) atoms. The molecule has 0 fully saturated rings. The van der Waals surface area contributed by atoms with Crippen LogP contribution in [0.1, 0.15) is 5.56 Å². The Labute approximate surface area is 150 Å². The summed E-state index contributed by atoms with van der Waals surface area (Å²) in [6.07, 6.45) is 0. The van der Waals surface area contributed by atoms with Gasteiger partial charge in [-0.15, -0.1) is 0 Å². The lowest BCUT2D eigenvalue weighted by atomic mass is 10.0. The lowest BCUT2D eigenvalue weighted by Gasteiger charge is -2.44. The molecule has 0 saturated carbocycles. The van der Waals surface area contributed by atoms with E-state index >= 15 is 0 Å². The van der Waals surface area contributed by atoms with Crippen LogP contribution < -0.4 is 14.5 Å². The van der Waals surface area contributed by atoms with E-state index < -0.39 is 8.24 Å². The maximum Gasteiger partial charge on any atom is 0.190 e. The quantitative estimate of drug-likeness (QED) is 0.611. The van der Waals surface area contributed by atoms with Crippen molar-refractivity contribution in [3.63, 3.8) is 0 Å². The Bertz CT molecular complexity index is 891. The largest absolute Gasteiger partial charge is 0.473 e. The molecular weight excluding hydrogens is 322 g/mol. The highest BCUT2D eigenvalue weighted by molar-refractivity contribution is 6.93. The van der Waals surface area contributed by atoms with Crippen molar-refractivity contribution in [2.24, 2.45) is 0 Å². The fourth-order valence-electron chi connectivity index (χ4n) is 3.66. The highest BCUT2D eigenvalue weighted by Crippen LogP contribution is 2.36.